The Hall–Kier alpha value is -3.02. The van der Waals surface area contributed by atoms with Crippen LogP contribution in [0, 0.1) is 6.92 Å². The summed E-state index contributed by atoms with van der Waals surface area (Å²) in [6.07, 6.45) is 3.04. The van der Waals surface area contributed by atoms with Crippen LogP contribution in [0.1, 0.15) is 29.5 Å². The second-order valence-corrected chi connectivity index (χ2v) is 7.37. The van der Waals surface area contributed by atoms with Gasteiger partial charge in [0.1, 0.15) is 5.75 Å². The van der Waals surface area contributed by atoms with Crippen LogP contribution in [0.5, 0.6) is 5.75 Å². The van der Waals surface area contributed by atoms with Crippen LogP contribution in [0.4, 0.5) is 0 Å². The average molecular weight is 395 g/mol. The molecule has 6 nitrogen and oxygen atoms in total. The molecule has 0 spiro atoms. The number of nitrogens with zero attached hydrogens (tertiary/aromatic N) is 1. The zero-order valence-electron chi connectivity index (χ0n) is 17.2. The Morgan fingerprint density at radius 1 is 1.10 bits per heavy atom. The summed E-state index contributed by atoms with van der Waals surface area (Å²) in [5, 5.41) is 9.58. The second-order valence-electron chi connectivity index (χ2n) is 7.37. The molecule has 2 aromatic carbocycles. The number of carbonyl (C=O) groups is 1. The van der Waals surface area contributed by atoms with Gasteiger partial charge in [0.05, 0.1) is 0 Å². The summed E-state index contributed by atoms with van der Waals surface area (Å²) in [4.78, 5) is 15.9. The van der Waals surface area contributed by atoms with Gasteiger partial charge in [0, 0.05) is 26.2 Å². The first-order chi connectivity index (χ1) is 14.1. The number of amides is 1. The highest BCUT2D eigenvalue weighted by molar-refractivity contribution is 5.79. The number of nitrogens with one attached hydrogen (secondary N) is 3. The molecule has 0 saturated heterocycles. The van der Waals surface area contributed by atoms with Gasteiger partial charge in [-0.25, -0.2) is 0 Å². The van der Waals surface area contributed by atoms with E-state index in [-0.39, 0.29) is 12.5 Å². The van der Waals surface area contributed by atoms with Gasteiger partial charge in [-0.3, -0.25) is 9.79 Å². The quantitative estimate of drug-likeness (QED) is 0.451. The molecule has 3 rings (SSSR count). The number of rotatable bonds is 9. The summed E-state index contributed by atoms with van der Waals surface area (Å²) in [5.74, 6) is 1.45. The monoisotopic (exact) mass is 394 g/mol. The van der Waals surface area contributed by atoms with Crippen LogP contribution in [0.3, 0.4) is 0 Å². The predicted molar refractivity (Wildman–Crippen MR) is 116 cm³/mol. The number of hydrogen-bond donors (Lipinski definition) is 3. The molecule has 0 aliphatic heterocycles. The molecule has 1 fully saturated rings. The van der Waals surface area contributed by atoms with Gasteiger partial charge in [-0.2, -0.15) is 0 Å². The molecule has 0 aromatic heterocycles. The van der Waals surface area contributed by atoms with Crippen LogP contribution in [-0.2, 0) is 17.8 Å². The van der Waals surface area contributed by atoms with Crippen molar-refractivity contribution in [2.75, 3.05) is 20.2 Å². The normalized spacial score (nSPS) is 13.7. The van der Waals surface area contributed by atoms with Gasteiger partial charge >= 0.3 is 0 Å². The summed E-state index contributed by atoms with van der Waals surface area (Å²) in [5.41, 5.74) is 3.68. The fourth-order valence-electron chi connectivity index (χ4n) is 2.95. The third-order valence-corrected chi connectivity index (χ3v) is 4.71. The van der Waals surface area contributed by atoms with Gasteiger partial charge in [-0.05, 0) is 49.4 Å². The maximum atomic E-state index is 11.7. The Kier molecular flexibility index (Phi) is 7.50. The first kappa shape index (κ1) is 20.7. The topological polar surface area (TPSA) is 74.8 Å². The van der Waals surface area contributed by atoms with Crippen LogP contribution in [0.25, 0.3) is 0 Å². The highest BCUT2D eigenvalue weighted by Crippen LogP contribution is 2.18. The summed E-state index contributed by atoms with van der Waals surface area (Å²) in [6.45, 7) is 3.68. The van der Waals surface area contributed by atoms with Crippen LogP contribution >= 0.6 is 0 Å². The minimum atomic E-state index is -0.0506. The number of hydrogen-bond acceptors (Lipinski definition) is 3. The van der Waals surface area contributed by atoms with Crippen molar-refractivity contribution in [3.05, 3.63) is 65.2 Å². The van der Waals surface area contributed by atoms with Crippen molar-refractivity contribution in [3.63, 3.8) is 0 Å². The summed E-state index contributed by atoms with van der Waals surface area (Å²) < 4.78 is 5.54. The molecular weight excluding hydrogens is 364 g/mol. The molecule has 0 radical (unpaired) electrons. The van der Waals surface area contributed by atoms with Crippen molar-refractivity contribution in [2.24, 2.45) is 4.99 Å². The molecule has 29 heavy (non-hydrogen) atoms. The van der Waals surface area contributed by atoms with Crippen molar-refractivity contribution >= 4 is 11.9 Å². The smallest absolute Gasteiger partial charge is 0.258 e. The van der Waals surface area contributed by atoms with Crippen molar-refractivity contribution < 1.29 is 9.53 Å². The maximum absolute atomic E-state index is 11.7. The van der Waals surface area contributed by atoms with E-state index in [9.17, 15) is 4.79 Å². The lowest BCUT2D eigenvalue weighted by atomic mass is 10.1. The SMILES string of the molecule is CN=C(NCCc1ccc(OCC(=O)NC2CC2)cc1)NCc1cccc(C)c1. The van der Waals surface area contributed by atoms with E-state index in [1.54, 1.807) is 7.05 Å². The Bertz CT molecular complexity index is 829. The number of aryl methyl sites for hydroxylation is 1. The molecular formula is C23H30N4O2. The zero-order valence-corrected chi connectivity index (χ0v) is 17.2. The Labute approximate surface area is 172 Å². The van der Waals surface area contributed by atoms with E-state index < -0.39 is 0 Å². The largest absolute Gasteiger partial charge is 0.484 e. The maximum Gasteiger partial charge on any atom is 0.258 e. The van der Waals surface area contributed by atoms with Gasteiger partial charge in [0.2, 0.25) is 0 Å². The average Bonchev–Trinajstić information content (AvgIpc) is 3.54. The summed E-state index contributed by atoms with van der Waals surface area (Å²) in [7, 11) is 1.77. The van der Waals surface area contributed by atoms with Crippen molar-refractivity contribution in [2.45, 2.75) is 38.8 Å². The molecule has 1 saturated carbocycles. The molecule has 0 heterocycles. The van der Waals surface area contributed by atoms with Crippen molar-refractivity contribution in [1.29, 1.82) is 0 Å². The summed E-state index contributed by atoms with van der Waals surface area (Å²) >= 11 is 0. The lowest BCUT2D eigenvalue weighted by molar-refractivity contribution is -0.123. The van der Waals surface area contributed by atoms with Crippen LogP contribution < -0.4 is 20.7 Å². The van der Waals surface area contributed by atoms with Crippen LogP contribution in [0.2, 0.25) is 0 Å². The molecule has 1 aliphatic rings. The van der Waals surface area contributed by atoms with E-state index in [1.807, 2.05) is 24.3 Å². The van der Waals surface area contributed by atoms with E-state index >= 15 is 0 Å². The molecule has 0 bridgehead atoms. The second kappa shape index (κ2) is 10.5. The molecule has 1 amide bonds. The van der Waals surface area contributed by atoms with Crippen LogP contribution in [0.15, 0.2) is 53.5 Å². The van der Waals surface area contributed by atoms with E-state index in [2.05, 4.69) is 52.1 Å². The number of ether oxygens (including phenoxy) is 1. The zero-order chi connectivity index (χ0) is 20.5. The molecule has 0 unspecified atom stereocenters. The minimum Gasteiger partial charge on any atom is -0.484 e. The minimum absolute atomic E-state index is 0.0506. The lowest BCUT2D eigenvalue weighted by Gasteiger charge is -2.12. The van der Waals surface area contributed by atoms with Gasteiger partial charge in [0.15, 0.2) is 12.6 Å². The fraction of sp³-hybridized carbons (Fsp3) is 0.391. The van der Waals surface area contributed by atoms with Crippen molar-refractivity contribution in [3.8, 4) is 5.75 Å². The molecule has 2 aromatic rings. The third kappa shape index (κ3) is 7.49. The standard InChI is InChI=1S/C23H30N4O2/c1-17-4-3-5-19(14-17)15-26-23(24-2)25-13-12-18-6-10-21(11-7-18)29-16-22(28)27-20-8-9-20/h3-7,10-11,14,20H,8-9,12-13,15-16H2,1-2H3,(H,27,28)(H2,24,25,26). The Morgan fingerprint density at radius 2 is 1.90 bits per heavy atom. The Morgan fingerprint density at radius 3 is 2.59 bits per heavy atom. The first-order valence-corrected chi connectivity index (χ1v) is 10.1. The fourth-order valence-corrected chi connectivity index (χ4v) is 2.95. The molecule has 1 aliphatic carbocycles. The lowest BCUT2D eigenvalue weighted by Crippen LogP contribution is -2.37. The van der Waals surface area contributed by atoms with Crippen LogP contribution in [-0.4, -0.2) is 38.1 Å². The van der Waals surface area contributed by atoms with E-state index in [0.29, 0.717) is 11.8 Å². The predicted octanol–water partition coefficient (Wildman–Crippen LogP) is 2.56. The number of benzene rings is 2. The van der Waals surface area contributed by atoms with E-state index in [0.717, 1.165) is 38.3 Å². The molecule has 6 heteroatoms. The summed E-state index contributed by atoms with van der Waals surface area (Å²) in [6, 6.07) is 16.7. The highest BCUT2D eigenvalue weighted by atomic mass is 16.5. The highest BCUT2D eigenvalue weighted by Gasteiger charge is 2.23. The van der Waals surface area contributed by atoms with Gasteiger partial charge in [-0.15, -0.1) is 0 Å². The molecule has 154 valence electrons. The third-order valence-electron chi connectivity index (χ3n) is 4.71. The van der Waals surface area contributed by atoms with E-state index in [1.165, 1.54) is 16.7 Å². The number of carbonyl (C=O) groups excluding carboxylic acids is 1. The molecule has 0 atom stereocenters. The number of guanidine groups is 1. The first-order valence-electron chi connectivity index (χ1n) is 10.1. The van der Waals surface area contributed by atoms with E-state index in [4.69, 9.17) is 4.74 Å². The van der Waals surface area contributed by atoms with Crippen molar-refractivity contribution in [1.82, 2.24) is 16.0 Å². The van der Waals surface area contributed by atoms with Gasteiger partial charge in [-0.1, -0.05) is 42.0 Å². The van der Waals surface area contributed by atoms with Gasteiger partial charge < -0.3 is 20.7 Å². The number of aliphatic imine (C=N–C) groups is 1. The Balaban J connectivity index is 1.35. The molecule has 3 N–H and O–H groups in total. The van der Waals surface area contributed by atoms with Gasteiger partial charge in [0.25, 0.3) is 5.91 Å².